The van der Waals surface area contributed by atoms with Crippen molar-refractivity contribution in [2.45, 2.75) is 64.8 Å². The summed E-state index contributed by atoms with van der Waals surface area (Å²) >= 11 is 0. The monoisotopic (exact) mass is 252 g/mol. The van der Waals surface area contributed by atoms with Crippen LogP contribution in [0.2, 0.25) is 0 Å². The van der Waals surface area contributed by atoms with Gasteiger partial charge >= 0.3 is 0 Å². The van der Waals surface area contributed by atoms with Crippen LogP contribution in [0.15, 0.2) is 0 Å². The molecule has 18 heavy (non-hydrogen) atoms. The van der Waals surface area contributed by atoms with Gasteiger partial charge in [0.2, 0.25) is 5.91 Å². The van der Waals surface area contributed by atoms with Gasteiger partial charge in [-0.1, -0.05) is 33.6 Å². The molecule has 1 heterocycles. The summed E-state index contributed by atoms with van der Waals surface area (Å²) in [5.41, 5.74) is 6.41. The van der Waals surface area contributed by atoms with Crippen molar-refractivity contribution in [3.63, 3.8) is 0 Å². The summed E-state index contributed by atoms with van der Waals surface area (Å²) in [4.78, 5) is 14.4. The van der Waals surface area contributed by atoms with E-state index in [0.29, 0.717) is 17.8 Å². The van der Waals surface area contributed by atoms with Crippen LogP contribution in [0, 0.1) is 11.3 Å². The van der Waals surface area contributed by atoms with E-state index in [9.17, 15) is 4.79 Å². The maximum Gasteiger partial charge on any atom is 0.224 e. The van der Waals surface area contributed by atoms with E-state index >= 15 is 0 Å². The minimum absolute atomic E-state index is 0.198. The minimum Gasteiger partial charge on any atom is -0.342 e. The first-order chi connectivity index (χ1) is 8.30. The van der Waals surface area contributed by atoms with Gasteiger partial charge in [-0.25, -0.2) is 0 Å². The molecule has 1 aliphatic carbocycles. The van der Waals surface area contributed by atoms with Crippen molar-refractivity contribution < 1.29 is 4.79 Å². The first kappa shape index (κ1) is 13.9. The molecule has 1 atom stereocenters. The molecule has 0 aromatic rings. The Hall–Kier alpha value is -0.570. The van der Waals surface area contributed by atoms with Gasteiger partial charge in [-0.2, -0.15) is 0 Å². The van der Waals surface area contributed by atoms with Crippen molar-refractivity contribution in [1.82, 2.24) is 4.90 Å². The molecule has 0 aromatic carbocycles. The number of nitrogens with zero attached hydrogens (tertiary/aromatic N) is 1. The van der Waals surface area contributed by atoms with Gasteiger partial charge in [0.15, 0.2) is 0 Å². The number of nitrogens with two attached hydrogens (primary N) is 1. The van der Waals surface area contributed by atoms with Crippen LogP contribution in [0.3, 0.4) is 0 Å². The lowest BCUT2D eigenvalue weighted by atomic mass is 9.80. The smallest absolute Gasteiger partial charge is 0.224 e. The highest BCUT2D eigenvalue weighted by Crippen LogP contribution is 2.35. The molecule has 0 spiro atoms. The molecule has 1 unspecified atom stereocenters. The Morgan fingerprint density at radius 2 is 1.94 bits per heavy atom. The molecule has 3 nitrogen and oxygen atoms in total. The zero-order valence-corrected chi connectivity index (χ0v) is 12.2. The summed E-state index contributed by atoms with van der Waals surface area (Å²) in [6.45, 7) is 8.67. The molecule has 0 radical (unpaired) electrons. The largest absolute Gasteiger partial charge is 0.342 e. The quantitative estimate of drug-likeness (QED) is 0.821. The molecule has 2 fully saturated rings. The Balaban J connectivity index is 1.88. The van der Waals surface area contributed by atoms with Gasteiger partial charge in [-0.3, -0.25) is 4.79 Å². The van der Waals surface area contributed by atoms with E-state index in [0.717, 1.165) is 32.4 Å². The lowest BCUT2D eigenvalue weighted by Crippen LogP contribution is -2.43. The van der Waals surface area contributed by atoms with E-state index in [1.165, 1.54) is 12.8 Å². The third-order valence-electron chi connectivity index (χ3n) is 4.87. The molecule has 1 saturated heterocycles. The van der Waals surface area contributed by atoms with Crippen LogP contribution < -0.4 is 5.73 Å². The average Bonchev–Trinajstić information content (AvgIpc) is 2.84. The number of amides is 1. The van der Waals surface area contributed by atoms with Crippen molar-refractivity contribution in [3.8, 4) is 0 Å². The second kappa shape index (κ2) is 4.84. The second-order valence-electron chi connectivity index (χ2n) is 7.44. The maximum absolute atomic E-state index is 12.3. The standard InChI is InChI=1S/C15H28N2O/c1-14(2,3)12-6-9-17(11-12)13(18)10-15(16)7-4-5-8-15/h12H,4-11,16H2,1-3H3. The SMILES string of the molecule is CC(C)(C)C1CCN(C(=O)CC2(N)CCCC2)C1. The van der Waals surface area contributed by atoms with Crippen LogP contribution in [0.25, 0.3) is 0 Å². The van der Waals surface area contributed by atoms with Crippen molar-refractivity contribution in [3.05, 3.63) is 0 Å². The number of carbonyl (C=O) groups is 1. The Labute approximate surface area is 111 Å². The van der Waals surface area contributed by atoms with Gasteiger partial charge < -0.3 is 10.6 Å². The molecule has 1 amide bonds. The van der Waals surface area contributed by atoms with Crippen molar-refractivity contribution in [1.29, 1.82) is 0 Å². The number of hydrogen-bond acceptors (Lipinski definition) is 2. The molecule has 104 valence electrons. The number of likely N-dealkylation sites (tertiary alicyclic amines) is 1. The van der Waals surface area contributed by atoms with Gasteiger partial charge in [-0.05, 0) is 30.6 Å². The van der Waals surface area contributed by atoms with E-state index in [4.69, 9.17) is 5.73 Å². The maximum atomic E-state index is 12.3. The third kappa shape index (κ3) is 3.05. The number of hydrogen-bond donors (Lipinski definition) is 1. The summed E-state index contributed by atoms with van der Waals surface area (Å²) < 4.78 is 0. The van der Waals surface area contributed by atoms with Gasteiger partial charge in [0.05, 0.1) is 0 Å². The number of rotatable bonds is 2. The van der Waals surface area contributed by atoms with Gasteiger partial charge in [0.1, 0.15) is 0 Å². The Morgan fingerprint density at radius 1 is 1.33 bits per heavy atom. The molecule has 2 rings (SSSR count). The van der Waals surface area contributed by atoms with E-state index in [1.54, 1.807) is 0 Å². The van der Waals surface area contributed by atoms with Crippen molar-refractivity contribution in [2.75, 3.05) is 13.1 Å². The zero-order valence-electron chi connectivity index (χ0n) is 12.2. The molecular weight excluding hydrogens is 224 g/mol. The summed E-state index contributed by atoms with van der Waals surface area (Å²) in [6.07, 6.45) is 6.13. The highest BCUT2D eigenvalue weighted by molar-refractivity contribution is 5.77. The highest BCUT2D eigenvalue weighted by atomic mass is 16.2. The fourth-order valence-electron chi connectivity index (χ4n) is 3.36. The lowest BCUT2D eigenvalue weighted by molar-refractivity contribution is -0.131. The van der Waals surface area contributed by atoms with Crippen molar-refractivity contribution >= 4 is 5.91 Å². The molecule has 0 aromatic heterocycles. The predicted octanol–water partition coefficient (Wildman–Crippen LogP) is 2.54. The minimum atomic E-state index is -0.198. The first-order valence-electron chi connectivity index (χ1n) is 7.37. The molecule has 2 N–H and O–H groups in total. The molecule has 2 aliphatic rings. The van der Waals surface area contributed by atoms with Crippen LogP contribution in [-0.4, -0.2) is 29.4 Å². The van der Waals surface area contributed by atoms with Gasteiger partial charge in [0, 0.05) is 25.0 Å². The Bertz CT molecular complexity index is 313. The molecular formula is C15H28N2O. The normalized spacial score (nSPS) is 27.8. The zero-order chi connectivity index (χ0) is 13.4. The molecule has 1 saturated carbocycles. The van der Waals surface area contributed by atoms with Crippen LogP contribution >= 0.6 is 0 Å². The van der Waals surface area contributed by atoms with E-state index in [1.807, 2.05) is 4.90 Å². The lowest BCUT2D eigenvalue weighted by Gasteiger charge is -2.29. The summed E-state index contributed by atoms with van der Waals surface area (Å²) in [5, 5.41) is 0. The van der Waals surface area contributed by atoms with Crippen LogP contribution in [0.4, 0.5) is 0 Å². The Morgan fingerprint density at radius 3 is 2.44 bits per heavy atom. The summed E-state index contributed by atoms with van der Waals surface area (Å²) in [5.74, 6) is 0.921. The van der Waals surface area contributed by atoms with E-state index in [2.05, 4.69) is 20.8 Å². The van der Waals surface area contributed by atoms with Crippen LogP contribution in [-0.2, 0) is 4.79 Å². The van der Waals surface area contributed by atoms with Gasteiger partial charge in [0.25, 0.3) is 0 Å². The topological polar surface area (TPSA) is 46.3 Å². The fraction of sp³-hybridized carbons (Fsp3) is 0.933. The van der Waals surface area contributed by atoms with E-state index < -0.39 is 0 Å². The number of carbonyl (C=O) groups excluding carboxylic acids is 1. The predicted molar refractivity (Wildman–Crippen MR) is 74.1 cm³/mol. The second-order valence-corrected chi connectivity index (χ2v) is 7.44. The van der Waals surface area contributed by atoms with Crippen LogP contribution in [0.1, 0.15) is 59.3 Å². The van der Waals surface area contributed by atoms with Gasteiger partial charge in [-0.15, -0.1) is 0 Å². The van der Waals surface area contributed by atoms with Crippen LogP contribution in [0.5, 0.6) is 0 Å². The highest BCUT2D eigenvalue weighted by Gasteiger charge is 2.37. The van der Waals surface area contributed by atoms with Crippen molar-refractivity contribution in [2.24, 2.45) is 17.1 Å². The first-order valence-corrected chi connectivity index (χ1v) is 7.37. The Kier molecular flexibility index (Phi) is 3.72. The van der Waals surface area contributed by atoms with E-state index in [-0.39, 0.29) is 11.4 Å². The molecule has 1 aliphatic heterocycles. The fourth-order valence-corrected chi connectivity index (χ4v) is 3.36. The average molecular weight is 252 g/mol. The molecule has 3 heteroatoms. The summed E-state index contributed by atoms with van der Waals surface area (Å²) in [7, 11) is 0. The molecule has 0 bridgehead atoms. The summed E-state index contributed by atoms with van der Waals surface area (Å²) in [6, 6.07) is 0. The third-order valence-corrected chi connectivity index (χ3v) is 4.87.